The molecule has 0 atom stereocenters. The number of hydrogen-bond acceptors (Lipinski definition) is 4. The van der Waals surface area contributed by atoms with Crippen LogP contribution in [0.2, 0.25) is 4.34 Å². The van der Waals surface area contributed by atoms with Gasteiger partial charge in [0.05, 0.1) is 17.1 Å². The van der Waals surface area contributed by atoms with Crippen LogP contribution in [0.15, 0.2) is 40.6 Å². The van der Waals surface area contributed by atoms with E-state index in [1.165, 1.54) is 13.2 Å². The first kappa shape index (κ1) is 13.2. The van der Waals surface area contributed by atoms with E-state index in [-0.39, 0.29) is 4.21 Å². The van der Waals surface area contributed by atoms with Gasteiger partial charge in [-0.25, -0.2) is 8.42 Å². The van der Waals surface area contributed by atoms with E-state index in [0.717, 1.165) is 11.3 Å². The molecule has 96 valence electrons. The molecule has 0 aliphatic heterocycles. The second-order valence-electron chi connectivity index (χ2n) is 3.40. The summed E-state index contributed by atoms with van der Waals surface area (Å²) in [5, 5.41) is 0. The van der Waals surface area contributed by atoms with Gasteiger partial charge in [-0.05, 0) is 24.3 Å². The molecule has 0 aliphatic carbocycles. The van der Waals surface area contributed by atoms with Crippen molar-refractivity contribution in [1.82, 2.24) is 0 Å². The number of thiophene rings is 1. The van der Waals surface area contributed by atoms with Gasteiger partial charge < -0.3 is 4.74 Å². The van der Waals surface area contributed by atoms with E-state index in [2.05, 4.69) is 4.72 Å². The molecule has 2 aromatic rings. The van der Waals surface area contributed by atoms with Crippen LogP contribution in [0.1, 0.15) is 0 Å². The van der Waals surface area contributed by atoms with Gasteiger partial charge in [0.2, 0.25) is 0 Å². The number of methoxy groups -OCH3 is 1. The van der Waals surface area contributed by atoms with Gasteiger partial charge in [0.25, 0.3) is 10.0 Å². The molecule has 0 radical (unpaired) electrons. The van der Waals surface area contributed by atoms with Gasteiger partial charge in [0, 0.05) is 6.07 Å². The summed E-state index contributed by atoms with van der Waals surface area (Å²) in [6.45, 7) is 0. The maximum absolute atomic E-state index is 12.0. The van der Waals surface area contributed by atoms with Gasteiger partial charge in [-0.1, -0.05) is 17.7 Å². The van der Waals surface area contributed by atoms with E-state index in [4.69, 9.17) is 16.3 Å². The summed E-state index contributed by atoms with van der Waals surface area (Å²) in [6.07, 6.45) is 0. The molecule has 0 spiro atoms. The summed E-state index contributed by atoms with van der Waals surface area (Å²) in [5.74, 6) is 0.583. The van der Waals surface area contributed by atoms with E-state index in [0.29, 0.717) is 15.8 Å². The van der Waals surface area contributed by atoms with Gasteiger partial charge in [0.1, 0.15) is 9.96 Å². The number of benzene rings is 1. The molecule has 0 aliphatic rings. The normalized spacial score (nSPS) is 11.2. The third kappa shape index (κ3) is 2.95. The summed E-state index contributed by atoms with van der Waals surface area (Å²) in [7, 11) is -2.07. The number of rotatable bonds is 4. The first-order chi connectivity index (χ1) is 8.51. The fourth-order valence-electron chi connectivity index (χ4n) is 1.33. The van der Waals surface area contributed by atoms with Crippen molar-refractivity contribution < 1.29 is 13.2 Å². The summed E-state index contributed by atoms with van der Waals surface area (Å²) in [6, 6.07) is 9.71. The van der Waals surface area contributed by atoms with E-state index in [1.54, 1.807) is 30.3 Å². The molecule has 1 heterocycles. The maximum Gasteiger partial charge on any atom is 0.271 e. The highest BCUT2D eigenvalue weighted by molar-refractivity contribution is 7.94. The average molecular weight is 304 g/mol. The highest BCUT2D eigenvalue weighted by Gasteiger charge is 2.16. The van der Waals surface area contributed by atoms with Crippen LogP contribution in [0.4, 0.5) is 5.69 Å². The van der Waals surface area contributed by atoms with Crippen molar-refractivity contribution in [3.8, 4) is 5.75 Å². The van der Waals surface area contributed by atoms with Gasteiger partial charge >= 0.3 is 0 Å². The van der Waals surface area contributed by atoms with Crippen molar-refractivity contribution in [2.24, 2.45) is 0 Å². The van der Waals surface area contributed by atoms with Crippen LogP contribution in [-0.4, -0.2) is 15.5 Å². The topological polar surface area (TPSA) is 55.4 Å². The van der Waals surface area contributed by atoms with Gasteiger partial charge in [-0.3, -0.25) is 4.72 Å². The Morgan fingerprint density at radius 1 is 1.28 bits per heavy atom. The van der Waals surface area contributed by atoms with Crippen molar-refractivity contribution in [2.45, 2.75) is 4.21 Å². The Balaban J connectivity index is 2.27. The Morgan fingerprint density at radius 2 is 2.06 bits per heavy atom. The highest BCUT2D eigenvalue weighted by atomic mass is 35.5. The Labute approximate surface area is 114 Å². The Kier molecular flexibility index (Phi) is 3.79. The number of sulfonamides is 1. The van der Waals surface area contributed by atoms with Crippen LogP contribution in [0, 0.1) is 0 Å². The zero-order valence-corrected chi connectivity index (χ0v) is 11.8. The van der Waals surface area contributed by atoms with E-state index in [9.17, 15) is 8.42 Å². The minimum atomic E-state index is -3.59. The second-order valence-corrected chi connectivity index (χ2v) is 7.02. The molecule has 0 saturated carbocycles. The lowest BCUT2D eigenvalue weighted by Crippen LogP contribution is -2.11. The Bertz CT molecular complexity index is 652. The third-order valence-corrected chi connectivity index (χ3v) is 5.24. The predicted octanol–water partition coefficient (Wildman–Crippen LogP) is 3.21. The SMILES string of the molecule is COc1cccc(NS(=O)(=O)c2ccc(Cl)s2)c1. The molecule has 1 aromatic carbocycles. The van der Waals surface area contributed by atoms with Gasteiger partial charge in [0.15, 0.2) is 0 Å². The highest BCUT2D eigenvalue weighted by Crippen LogP contribution is 2.27. The first-order valence-corrected chi connectivity index (χ1v) is 7.61. The quantitative estimate of drug-likeness (QED) is 0.943. The molecule has 18 heavy (non-hydrogen) atoms. The minimum Gasteiger partial charge on any atom is -0.497 e. The van der Waals surface area contributed by atoms with Crippen LogP contribution in [0.5, 0.6) is 5.75 Å². The zero-order valence-electron chi connectivity index (χ0n) is 9.38. The third-order valence-electron chi connectivity index (χ3n) is 2.14. The van der Waals surface area contributed by atoms with E-state index < -0.39 is 10.0 Å². The number of halogens is 1. The maximum atomic E-state index is 12.0. The first-order valence-electron chi connectivity index (χ1n) is 4.93. The molecule has 0 fully saturated rings. The number of ether oxygens (including phenoxy) is 1. The van der Waals surface area contributed by atoms with Crippen molar-refractivity contribution in [1.29, 1.82) is 0 Å². The number of nitrogens with one attached hydrogen (secondary N) is 1. The zero-order chi connectivity index (χ0) is 13.2. The molecule has 0 amide bonds. The van der Waals surface area contributed by atoms with Gasteiger partial charge in [-0.2, -0.15) is 0 Å². The molecule has 1 aromatic heterocycles. The lowest BCUT2D eigenvalue weighted by atomic mass is 10.3. The Morgan fingerprint density at radius 3 is 2.67 bits per heavy atom. The fraction of sp³-hybridized carbons (Fsp3) is 0.0909. The molecule has 0 bridgehead atoms. The van der Waals surface area contributed by atoms with E-state index >= 15 is 0 Å². The predicted molar refractivity (Wildman–Crippen MR) is 73.1 cm³/mol. The molecular formula is C11H10ClNO3S2. The molecule has 0 unspecified atom stereocenters. The van der Waals surface area contributed by atoms with Crippen LogP contribution in [0.25, 0.3) is 0 Å². The molecular weight excluding hydrogens is 294 g/mol. The van der Waals surface area contributed by atoms with Gasteiger partial charge in [-0.15, -0.1) is 11.3 Å². The van der Waals surface area contributed by atoms with Crippen LogP contribution in [0.3, 0.4) is 0 Å². The van der Waals surface area contributed by atoms with Crippen LogP contribution >= 0.6 is 22.9 Å². The van der Waals surface area contributed by atoms with Crippen LogP contribution < -0.4 is 9.46 Å². The van der Waals surface area contributed by atoms with E-state index in [1.807, 2.05) is 0 Å². The van der Waals surface area contributed by atoms with Crippen molar-refractivity contribution in [3.63, 3.8) is 0 Å². The largest absolute Gasteiger partial charge is 0.497 e. The monoisotopic (exact) mass is 303 g/mol. The fourth-order valence-corrected chi connectivity index (χ4v) is 3.87. The Hall–Kier alpha value is -1.24. The van der Waals surface area contributed by atoms with Crippen molar-refractivity contribution in [3.05, 3.63) is 40.7 Å². The summed E-state index contributed by atoms with van der Waals surface area (Å²) in [4.78, 5) is 0. The summed E-state index contributed by atoms with van der Waals surface area (Å²) in [5.41, 5.74) is 0.443. The number of hydrogen-bond donors (Lipinski definition) is 1. The van der Waals surface area contributed by atoms with Crippen molar-refractivity contribution >= 4 is 38.6 Å². The molecule has 7 heteroatoms. The molecule has 1 N–H and O–H groups in total. The van der Waals surface area contributed by atoms with Crippen LogP contribution in [-0.2, 0) is 10.0 Å². The molecule has 4 nitrogen and oxygen atoms in total. The number of anilines is 1. The lowest BCUT2D eigenvalue weighted by Gasteiger charge is -2.07. The molecule has 2 rings (SSSR count). The second kappa shape index (κ2) is 5.17. The van der Waals surface area contributed by atoms with Crippen molar-refractivity contribution in [2.75, 3.05) is 11.8 Å². The smallest absolute Gasteiger partial charge is 0.271 e. The molecule has 0 saturated heterocycles. The minimum absolute atomic E-state index is 0.176. The summed E-state index contributed by atoms with van der Waals surface area (Å²) >= 11 is 6.73. The standard InChI is InChI=1S/C11H10ClNO3S2/c1-16-9-4-2-3-8(7-9)13-18(14,15)11-6-5-10(12)17-11/h2-7,13H,1H3. The summed E-state index contributed by atoms with van der Waals surface area (Å²) < 4.78 is 32.1. The lowest BCUT2D eigenvalue weighted by molar-refractivity contribution is 0.415. The average Bonchev–Trinajstić information content (AvgIpc) is 2.76.